The van der Waals surface area contributed by atoms with Crippen LogP contribution in [0.3, 0.4) is 0 Å². The predicted octanol–water partition coefficient (Wildman–Crippen LogP) is 3.38. The number of hydrogen-bond acceptors (Lipinski definition) is 5. The van der Waals surface area contributed by atoms with Gasteiger partial charge in [0.15, 0.2) is 5.16 Å². The van der Waals surface area contributed by atoms with Crippen molar-refractivity contribution >= 4 is 11.8 Å². The third-order valence-electron chi connectivity index (χ3n) is 2.81. The van der Waals surface area contributed by atoms with Crippen molar-refractivity contribution in [2.45, 2.75) is 30.4 Å². The van der Waals surface area contributed by atoms with Crippen molar-refractivity contribution in [3.63, 3.8) is 0 Å². The Hall–Kier alpha value is -1.59. The van der Waals surface area contributed by atoms with Gasteiger partial charge in [-0.05, 0) is 42.4 Å². The number of rotatable bonds is 7. The van der Waals surface area contributed by atoms with E-state index in [1.807, 2.05) is 36.7 Å². The van der Waals surface area contributed by atoms with Crippen LogP contribution in [0.15, 0.2) is 46.7 Å². The minimum absolute atomic E-state index is 0.647. The summed E-state index contributed by atoms with van der Waals surface area (Å²) < 4.78 is 5.21. The van der Waals surface area contributed by atoms with Crippen LogP contribution in [0.4, 0.5) is 0 Å². The Morgan fingerprint density at radius 2 is 2.00 bits per heavy atom. The zero-order valence-corrected chi connectivity index (χ0v) is 13.5. The van der Waals surface area contributed by atoms with Crippen molar-refractivity contribution in [2.24, 2.45) is 5.92 Å². The molecule has 0 aliphatic carbocycles. The number of ether oxygens (including phenoxy) is 1. The van der Waals surface area contributed by atoms with Crippen molar-refractivity contribution in [3.8, 4) is 5.75 Å². The zero-order chi connectivity index (χ0) is 15.1. The van der Waals surface area contributed by atoms with Gasteiger partial charge in [-0.3, -0.25) is 0 Å². The molecule has 1 N–H and O–H groups in total. The molecule has 112 valence electrons. The van der Waals surface area contributed by atoms with Gasteiger partial charge in [0.2, 0.25) is 0 Å². The summed E-state index contributed by atoms with van der Waals surface area (Å²) in [5.41, 5.74) is 1.10. The van der Waals surface area contributed by atoms with Crippen LogP contribution in [-0.4, -0.2) is 23.6 Å². The van der Waals surface area contributed by atoms with Gasteiger partial charge in [0.05, 0.1) is 7.11 Å². The van der Waals surface area contributed by atoms with Crippen LogP contribution < -0.4 is 10.1 Å². The Balaban J connectivity index is 1.92. The van der Waals surface area contributed by atoms with Crippen LogP contribution in [0.2, 0.25) is 0 Å². The number of nitrogens with zero attached hydrogens (tertiary/aromatic N) is 2. The normalized spacial score (nSPS) is 10.9. The van der Waals surface area contributed by atoms with Gasteiger partial charge in [0.1, 0.15) is 5.75 Å². The van der Waals surface area contributed by atoms with E-state index < -0.39 is 0 Å². The molecule has 21 heavy (non-hydrogen) atoms. The van der Waals surface area contributed by atoms with E-state index in [4.69, 9.17) is 4.74 Å². The molecule has 0 atom stereocenters. The van der Waals surface area contributed by atoms with E-state index in [-0.39, 0.29) is 0 Å². The van der Waals surface area contributed by atoms with Crippen molar-refractivity contribution in [2.75, 3.05) is 13.7 Å². The summed E-state index contributed by atoms with van der Waals surface area (Å²) in [5, 5.41) is 4.13. The highest BCUT2D eigenvalue weighted by Gasteiger charge is 2.03. The van der Waals surface area contributed by atoms with Crippen LogP contribution in [0.5, 0.6) is 5.75 Å². The standard InChI is InChI=1S/C16H21N3OS/c1-12(2)8-17-9-13-10-18-16(19-11-13)21-15-6-4-5-14(7-15)20-3/h4-7,10-12,17H,8-9H2,1-3H3. The topological polar surface area (TPSA) is 47.0 Å². The predicted molar refractivity (Wildman–Crippen MR) is 85.7 cm³/mol. The molecule has 5 heteroatoms. The second kappa shape index (κ2) is 8.00. The first-order valence-corrected chi connectivity index (χ1v) is 7.82. The minimum Gasteiger partial charge on any atom is -0.497 e. The molecule has 2 rings (SSSR count). The molecule has 0 aliphatic rings. The van der Waals surface area contributed by atoms with E-state index >= 15 is 0 Å². The Labute approximate surface area is 130 Å². The smallest absolute Gasteiger partial charge is 0.192 e. The summed E-state index contributed by atoms with van der Waals surface area (Å²) in [7, 11) is 1.67. The lowest BCUT2D eigenvalue weighted by Crippen LogP contribution is -2.19. The Morgan fingerprint density at radius 1 is 1.24 bits per heavy atom. The van der Waals surface area contributed by atoms with Crippen LogP contribution in [0.25, 0.3) is 0 Å². The first-order valence-electron chi connectivity index (χ1n) is 7.01. The van der Waals surface area contributed by atoms with E-state index in [2.05, 4.69) is 29.1 Å². The van der Waals surface area contributed by atoms with Gasteiger partial charge in [-0.25, -0.2) is 9.97 Å². The van der Waals surface area contributed by atoms with Crippen LogP contribution in [-0.2, 0) is 6.54 Å². The van der Waals surface area contributed by atoms with E-state index in [1.54, 1.807) is 7.11 Å². The zero-order valence-electron chi connectivity index (χ0n) is 12.7. The lowest BCUT2D eigenvalue weighted by atomic mass is 10.2. The highest BCUT2D eigenvalue weighted by molar-refractivity contribution is 7.99. The molecule has 0 amide bonds. The monoisotopic (exact) mass is 303 g/mol. The highest BCUT2D eigenvalue weighted by Crippen LogP contribution is 2.27. The van der Waals surface area contributed by atoms with Gasteiger partial charge in [-0.15, -0.1) is 0 Å². The van der Waals surface area contributed by atoms with Crippen LogP contribution in [0.1, 0.15) is 19.4 Å². The fourth-order valence-corrected chi connectivity index (χ4v) is 2.51. The average molecular weight is 303 g/mol. The molecule has 1 aromatic carbocycles. The lowest BCUT2D eigenvalue weighted by Gasteiger charge is -2.07. The van der Waals surface area contributed by atoms with Crippen molar-refractivity contribution in [3.05, 3.63) is 42.2 Å². The number of methoxy groups -OCH3 is 1. The van der Waals surface area contributed by atoms with E-state index in [9.17, 15) is 0 Å². The quantitative estimate of drug-likeness (QED) is 0.795. The lowest BCUT2D eigenvalue weighted by molar-refractivity contribution is 0.413. The summed E-state index contributed by atoms with van der Waals surface area (Å²) in [4.78, 5) is 9.87. The first kappa shape index (κ1) is 15.8. The van der Waals surface area contributed by atoms with Crippen LogP contribution >= 0.6 is 11.8 Å². The molecular weight excluding hydrogens is 282 g/mol. The summed E-state index contributed by atoms with van der Waals surface area (Å²) >= 11 is 1.53. The molecule has 0 fully saturated rings. The molecule has 0 unspecified atom stereocenters. The van der Waals surface area contributed by atoms with Crippen molar-refractivity contribution in [1.29, 1.82) is 0 Å². The van der Waals surface area contributed by atoms with Gasteiger partial charge in [-0.1, -0.05) is 19.9 Å². The van der Waals surface area contributed by atoms with E-state index in [1.165, 1.54) is 11.8 Å². The largest absolute Gasteiger partial charge is 0.497 e. The maximum absolute atomic E-state index is 5.21. The second-order valence-corrected chi connectivity index (χ2v) is 6.22. The number of benzene rings is 1. The maximum atomic E-state index is 5.21. The fraction of sp³-hybridized carbons (Fsp3) is 0.375. The molecule has 1 heterocycles. The molecule has 0 spiro atoms. The minimum atomic E-state index is 0.647. The van der Waals surface area contributed by atoms with Crippen molar-refractivity contribution in [1.82, 2.24) is 15.3 Å². The van der Waals surface area contributed by atoms with Crippen LogP contribution in [0, 0.1) is 5.92 Å². The third kappa shape index (κ3) is 5.36. The number of hydrogen-bond donors (Lipinski definition) is 1. The highest BCUT2D eigenvalue weighted by atomic mass is 32.2. The Bertz CT molecular complexity index is 558. The summed E-state index contributed by atoms with van der Waals surface area (Å²) in [6.07, 6.45) is 3.76. The molecule has 0 aliphatic heterocycles. The summed E-state index contributed by atoms with van der Waals surface area (Å²) in [6.45, 7) is 6.19. The summed E-state index contributed by atoms with van der Waals surface area (Å²) in [6, 6.07) is 7.89. The summed E-state index contributed by atoms with van der Waals surface area (Å²) in [5.74, 6) is 1.49. The molecule has 0 bridgehead atoms. The van der Waals surface area contributed by atoms with Gasteiger partial charge in [0, 0.05) is 29.4 Å². The molecular formula is C16H21N3OS. The van der Waals surface area contributed by atoms with E-state index in [0.29, 0.717) is 5.92 Å². The average Bonchev–Trinajstić information content (AvgIpc) is 2.49. The number of aromatic nitrogens is 2. The SMILES string of the molecule is COc1cccc(Sc2ncc(CNCC(C)C)cn2)c1. The molecule has 2 aromatic rings. The van der Waals surface area contributed by atoms with Crippen molar-refractivity contribution < 1.29 is 4.74 Å². The van der Waals surface area contributed by atoms with Gasteiger partial charge in [-0.2, -0.15) is 0 Å². The first-order chi connectivity index (χ1) is 10.2. The molecule has 0 saturated heterocycles. The van der Waals surface area contributed by atoms with Gasteiger partial charge < -0.3 is 10.1 Å². The van der Waals surface area contributed by atoms with Gasteiger partial charge in [0.25, 0.3) is 0 Å². The molecule has 0 radical (unpaired) electrons. The Morgan fingerprint density at radius 3 is 2.67 bits per heavy atom. The Kier molecular flexibility index (Phi) is 6.02. The third-order valence-corrected chi connectivity index (χ3v) is 3.70. The maximum Gasteiger partial charge on any atom is 0.192 e. The molecule has 4 nitrogen and oxygen atoms in total. The fourth-order valence-electron chi connectivity index (χ4n) is 1.76. The van der Waals surface area contributed by atoms with Gasteiger partial charge >= 0.3 is 0 Å². The number of nitrogens with one attached hydrogen (secondary N) is 1. The second-order valence-electron chi connectivity index (χ2n) is 5.18. The van der Waals surface area contributed by atoms with E-state index in [0.717, 1.165) is 34.5 Å². The molecule has 1 aromatic heterocycles. The molecule has 0 saturated carbocycles.